The Morgan fingerprint density at radius 1 is 1.75 bits per heavy atom. The minimum absolute atomic E-state index is 0.0434. The van der Waals surface area contributed by atoms with E-state index in [1.165, 1.54) is 13.2 Å². The largest absolute Gasteiger partial charge is 0.479 e. The number of aliphatic carboxylic acids is 1. The summed E-state index contributed by atoms with van der Waals surface area (Å²) >= 11 is 0. The highest BCUT2D eigenvalue weighted by Crippen LogP contribution is 1.99. The summed E-state index contributed by atoms with van der Waals surface area (Å²) in [5.41, 5.74) is -0.292. The van der Waals surface area contributed by atoms with Gasteiger partial charge in [0.05, 0.1) is 6.54 Å². The van der Waals surface area contributed by atoms with E-state index in [4.69, 9.17) is 9.84 Å². The Morgan fingerprint density at radius 2 is 2.44 bits per heavy atom. The first-order valence-electron chi connectivity index (χ1n) is 4.60. The number of hydrogen-bond acceptors (Lipinski definition) is 5. The number of carboxylic acid groups (broad SMARTS) is 1. The molecule has 0 bridgehead atoms. The average Bonchev–Trinajstić information content (AvgIpc) is 2.16. The van der Waals surface area contributed by atoms with E-state index in [1.807, 2.05) is 0 Å². The van der Waals surface area contributed by atoms with Gasteiger partial charge < -0.3 is 20.1 Å². The van der Waals surface area contributed by atoms with E-state index in [-0.39, 0.29) is 12.1 Å². The Kier molecular flexibility index (Phi) is 4.01. The molecule has 3 N–H and O–H groups in total. The molecular weight excluding hydrogens is 214 g/mol. The van der Waals surface area contributed by atoms with E-state index >= 15 is 0 Å². The lowest BCUT2D eigenvalue weighted by atomic mass is 10.3. The third kappa shape index (κ3) is 3.35. The SMILES string of the molecule is COC(CNc1cc(=O)[nH]c(C)n1)C(=O)O. The van der Waals surface area contributed by atoms with Gasteiger partial charge in [-0.2, -0.15) is 0 Å². The van der Waals surface area contributed by atoms with E-state index < -0.39 is 12.1 Å². The van der Waals surface area contributed by atoms with Crippen LogP contribution in [0.3, 0.4) is 0 Å². The molecule has 1 rings (SSSR count). The quantitative estimate of drug-likeness (QED) is 0.631. The topological polar surface area (TPSA) is 104 Å². The highest BCUT2D eigenvalue weighted by molar-refractivity contribution is 5.73. The van der Waals surface area contributed by atoms with Crippen LogP contribution in [0.25, 0.3) is 0 Å². The summed E-state index contributed by atoms with van der Waals surface area (Å²) in [5, 5.41) is 11.4. The second-order valence-corrected chi connectivity index (χ2v) is 3.16. The number of ether oxygens (including phenoxy) is 1. The minimum atomic E-state index is -1.07. The van der Waals surface area contributed by atoms with Crippen molar-refractivity contribution in [2.45, 2.75) is 13.0 Å². The lowest BCUT2D eigenvalue weighted by Crippen LogP contribution is -2.31. The fraction of sp³-hybridized carbons (Fsp3) is 0.444. The van der Waals surface area contributed by atoms with E-state index in [1.54, 1.807) is 6.92 Å². The molecule has 1 aromatic rings. The summed E-state index contributed by atoms with van der Waals surface area (Å²) in [6.45, 7) is 1.68. The summed E-state index contributed by atoms with van der Waals surface area (Å²) in [7, 11) is 1.30. The molecule has 0 aliphatic carbocycles. The predicted molar refractivity (Wildman–Crippen MR) is 56.5 cm³/mol. The number of hydrogen-bond donors (Lipinski definition) is 3. The second kappa shape index (κ2) is 5.26. The molecule has 0 saturated heterocycles. The number of aryl methyl sites for hydroxylation is 1. The normalized spacial score (nSPS) is 12.1. The van der Waals surface area contributed by atoms with Crippen molar-refractivity contribution < 1.29 is 14.6 Å². The zero-order valence-corrected chi connectivity index (χ0v) is 8.98. The highest BCUT2D eigenvalue weighted by Gasteiger charge is 2.15. The third-order valence-corrected chi connectivity index (χ3v) is 1.89. The molecule has 0 aromatic carbocycles. The van der Waals surface area contributed by atoms with Crippen LogP contribution in [0.5, 0.6) is 0 Å². The monoisotopic (exact) mass is 227 g/mol. The van der Waals surface area contributed by atoms with Gasteiger partial charge in [-0.15, -0.1) is 0 Å². The molecule has 0 radical (unpaired) electrons. The Hall–Kier alpha value is -1.89. The van der Waals surface area contributed by atoms with Crippen LogP contribution in [0.1, 0.15) is 5.82 Å². The number of carboxylic acids is 1. The Balaban J connectivity index is 2.67. The molecule has 1 heterocycles. The van der Waals surface area contributed by atoms with Crippen molar-refractivity contribution in [3.05, 3.63) is 22.2 Å². The van der Waals surface area contributed by atoms with Gasteiger partial charge in [-0.3, -0.25) is 4.79 Å². The maximum Gasteiger partial charge on any atom is 0.334 e. The standard InChI is InChI=1S/C9H13N3O4/c1-5-11-7(3-8(13)12-5)10-4-6(16-2)9(14)15/h3,6H,4H2,1-2H3,(H,14,15)(H2,10,11,12,13). The molecule has 7 heteroatoms. The van der Waals surface area contributed by atoms with Gasteiger partial charge in [0, 0.05) is 13.2 Å². The molecule has 1 unspecified atom stereocenters. The van der Waals surface area contributed by atoms with Crippen LogP contribution in [0.2, 0.25) is 0 Å². The molecular formula is C9H13N3O4. The molecule has 0 spiro atoms. The summed E-state index contributed by atoms with van der Waals surface area (Å²) in [6, 6.07) is 1.25. The van der Waals surface area contributed by atoms with Gasteiger partial charge in [-0.1, -0.05) is 0 Å². The highest BCUT2D eigenvalue weighted by atomic mass is 16.5. The van der Waals surface area contributed by atoms with Crippen molar-refractivity contribution >= 4 is 11.8 Å². The Labute approximate surface area is 91.5 Å². The lowest BCUT2D eigenvalue weighted by Gasteiger charge is -2.11. The summed E-state index contributed by atoms with van der Waals surface area (Å²) in [5.74, 6) is -0.291. The van der Waals surface area contributed by atoms with Crippen LogP contribution in [0.15, 0.2) is 10.9 Å². The van der Waals surface area contributed by atoms with Crippen LogP contribution in [0.4, 0.5) is 5.82 Å². The van der Waals surface area contributed by atoms with Gasteiger partial charge >= 0.3 is 5.97 Å². The molecule has 0 fully saturated rings. The van der Waals surface area contributed by atoms with Crippen molar-refractivity contribution in [1.82, 2.24) is 9.97 Å². The molecule has 1 aromatic heterocycles. The maximum absolute atomic E-state index is 11.1. The second-order valence-electron chi connectivity index (χ2n) is 3.16. The molecule has 0 aliphatic rings. The number of rotatable bonds is 5. The van der Waals surface area contributed by atoms with Crippen molar-refractivity contribution in [3.8, 4) is 0 Å². The lowest BCUT2D eigenvalue weighted by molar-refractivity contribution is -0.147. The number of H-pyrrole nitrogens is 1. The van der Waals surface area contributed by atoms with Crippen LogP contribution in [-0.2, 0) is 9.53 Å². The third-order valence-electron chi connectivity index (χ3n) is 1.89. The van der Waals surface area contributed by atoms with Crippen LogP contribution in [0, 0.1) is 6.92 Å². The van der Waals surface area contributed by atoms with Gasteiger partial charge in [0.1, 0.15) is 11.6 Å². The van der Waals surface area contributed by atoms with Gasteiger partial charge in [0.2, 0.25) is 0 Å². The molecule has 0 aliphatic heterocycles. The van der Waals surface area contributed by atoms with E-state index in [0.29, 0.717) is 11.6 Å². The Bertz CT molecular complexity index is 429. The first kappa shape index (κ1) is 12.2. The Morgan fingerprint density at radius 3 is 2.94 bits per heavy atom. The molecule has 16 heavy (non-hydrogen) atoms. The zero-order valence-electron chi connectivity index (χ0n) is 8.98. The first-order chi connectivity index (χ1) is 7.52. The number of anilines is 1. The van der Waals surface area contributed by atoms with Crippen LogP contribution >= 0.6 is 0 Å². The number of carbonyl (C=O) groups is 1. The van der Waals surface area contributed by atoms with Crippen LogP contribution < -0.4 is 10.9 Å². The molecule has 1 atom stereocenters. The summed E-state index contributed by atoms with van der Waals surface area (Å²) < 4.78 is 4.72. The minimum Gasteiger partial charge on any atom is -0.479 e. The fourth-order valence-corrected chi connectivity index (χ4v) is 1.14. The van der Waals surface area contributed by atoms with E-state index in [0.717, 1.165) is 0 Å². The van der Waals surface area contributed by atoms with Crippen molar-refractivity contribution in [1.29, 1.82) is 0 Å². The molecule has 0 saturated carbocycles. The van der Waals surface area contributed by atoms with Crippen molar-refractivity contribution in [3.63, 3.8) is 0 Å². The number of methoxy groups -OCH3 is 1. The molecule has 88 valence electrons. The summed E-state index contributed by atoms with van der Waals surface area (Å²) in [4.78, 5) is 28.2. The van der Waals surface area contributed by atoms with Crippen molar-refractivity contribution in [2.24, 2.45) is 0 Å². The predicted octanol–water partition coefficient (Wildman–Crippen LogP) is -0.410. The maximum atomic E-state index is 11.1. The fourth-order valence-electron chi connectivity index (χ4n) is 1.14. The summed E-state index contributed by atoms with van der Waals surface area (Å²) in [6.07, 6.45) is -0.971. The number of aromatic nitrogens is 2. The van der Waals surface area contributed by atoms with Gasteiger partial charge in [0.15, 0.2) is 6.10 Å². The van der Waals surface area contributed by atoms with E-state index in [2.05, 4.69) is 15.3 Å². The smallest absolute Gasteiger partial charge is 0.334 e. The average molecular weight is 227 g/mol. The first-order valence-corrected chi connectivity index (χ1v) is 4.60. The number of nitrogens with zero attached hydrogens (tertiary/aromatic N) is 1. The zero-order chi connectivity index (χ0) is 12.1. The van der Waals surface area contributed by atoms with E-state index in [9.17, 15) is 9.59 Å². The van der Waals surface area contributed by atoms with Gasteiger partial charge in [0.25, 0.3) is 5.56 Å². The number of nitrogens with one attached hydrogen (secondary N) is 2. The van der Waals surface area contributed by atoms with Gasteiger partial charge in [-0.05, 0) is 6.92 Å². The van der Waals surface area contributed by atoms with Crippen LogP contribution in [-0.4, -0.2) is 40.8 Å². The van der Waals surface area contributed by atoms with Crippen molar-refractivity contribution in [2.75, 3.05) is 19.0 Å². The number of aromatic amines is 1. The molecule has 0 amide bonds. The van der Waals surface area contributed by atoms with Gasteiger partial charge in [-0.25, -0.2) is 9.78 Å². The molecule has 7 nitrogen and oxygen atoms in total.